The molecule has 0 unspecified atom stereocenters. The maximum atomic E-state index is 11.8. The van der Waals surface area contributed by atoms with Gasteiger partial charge in [0, 0.05) is 5.56 Å². The first-order chi connectivity index (χ1) is 11.3. The van der Waals surface area contributed by atoms with Crippen LogP contribution in [0.15, 0.2) is 59.1 Å². The van der Waals surface area contributed by atoms with Gasteiger partial charge in [0.2, 0.25) is 0 Å². The Hall–Kier alpha value is -2.46. The van der Waals surface area contributed by atoms with Crippen LogP contribution in [0.1, 0.15) is 18.4 Å². The molecule has 3 aromatic rings. The number of ketones is 1. The molecule has 116 valence electrons. The minimum Gasteiger partial charge on any atom is -0.351 e. The summed E-state index contributed by atoms with van der Waals surface area (Å²) in [6, 6.07) is 18.4. The number of fused-ring (bicyclic) bond motifs is 1. The van der Waals surface area contributed by atoms with Crippen LogP contribution in [0.5, 0.6) is 0 Å². The van der Waals surface area contributed by atoms with Gasteiger partial charge in [-0.3, -0.25) is 9.28 Å². The molecule has 0 atom stereocenters. The van der Waals surface area contributed by atoms with Crippen LogP contribution in [0.25, 0.3) is 11.0 Å². The number of nitrogens with zero attached hydrogens (tertiary/aromatic N) is 2. The molecular formula is C19H19N2O2+. The van der Waals surface area contributed by atoms with Gasteiger partial charge in [-0.05, 0) is 17.3 Å². The number of aromatic nitrogens is 1. The lowest BCUT2D eigenvalue weighted by Crippen LogP contribution is -2.54. The molecule has 0 N–H and O–H groups in total. The van der Waals surface area contributed by atoms with Gasteiger partial charge in [-0.15, -0.1) is 0 Å². The summed E-state index contributed by atoms with van der Waals surface area (Å²) in [5.41, 5.74) is 2.07. The van der Waals surface area contributed by atoms with E-state index in [1.807, 2.05) is 24.3 Å². The van der Waals surface area contributed by atoms with Crippen molar-refractivity contribution in [2.75, 3.05) is 13.1 Å². The molecule has 0 aliphatic carbocycles. The molecule has 4 nitrogen and oxygen atoms in total. The van der Waals surface area contributed by atoms with E-state index in [0.29, 0.717) is 23.1 Å². The third-order valence-electron chi connectivity index (χ3n) is 4.77. The van der Waals surface area contributed by atoms with Crippen LogP contribution in [0.3, 0.4) is 0 Å². The number of rotatable bonds is 3. The fourth-order valence-electron chi connectivity index (χ4n) is 3.51. The van der Waals surface area contributed by atoms with Crippen molar-refractivity contribution in [2.45, 2.75) is 19.4 Å². The minimum atomic E-state index is 0.347. The standard InChI is InChI=1S/C19H19N2O2/c22-16-10-12-21(13-11-16,14-15-6-2-1-3-7-15)19-17-8-4-5-9-18(17)23-20-19/h1-9H,10-14H2/q+1. The monoisotopic (exact) mass is 307 g/mol. The van der Waals surface area contributed by atoms with Crippen molar-refractivity contribution in [2.24, 2.45) is 0 Å². The Morgan fingerprint density at radius 3 is 2.43 bits per heavy atom. The average Bonchev–Trinajstić information content (AvgIpc) is 3.03. The van der Waals surface area contributed by atoms with Gasteiger partial charge in [-0.2, -0.15) is 0 Å². The minimum absolute atomic E-state index is 0.347. The molecule has 4 rings (SSSR count). The second-order valence-corrected chi connectivity index (χ2v) is 6.28. The molecule has 1 aromatic heterocycles. The quantitative estimate of drug-likeness (QED) is 0.693. The number of carbonyl (C=O) groups excluding carboxylic acids is 1. The van der Waals surface area contributed by atoms with Crippen LogP contribution >= 0.6 is 0 Å². The van der Waals surface area contributed by atoms with Crippen LogP contribution in [0, 0.1) is 0 Å². The van der Waals surface area contributed by atoms with E-state index in [2.05, 4.69) is 35.5 Å². The normalized spacial score (nSPS) is 17.5. The van der Waals surface area contributed by atoms with Gasteiger partial charge < -0.3 is 4.52 Å². The number of hydrogen-bond donors (Lipinski definition) is 0. The number of Topliss-reactive ketones (excluding diaryl/α,β-unsaturated/α-hetero) is 1. The van der Waals surface area contributed by atoms with Crippen LogP contribution in [0.2, 0.25) is 0 Å². The number of benzene rings is 2. The number of para-hydroxylation sites is 1. The van der Waals surface area contributed by atoms with Crippen molar-refractivity contribution in [3.05, 3.63) is 60.2 Å². The van der Waals surface area contributed by atoms with Crippen molar-refractivity contribution >= 4 is 22.6 Å². The Labute approximate surface area is 134 Å². The topological polar surface area (TPSA) is 43.1 Å². The summed E-state index contributed by atoms with van der Waals surface area (Å²) >= 11 is 0. The first-order valence-corrected chi connectivity index (χ1v) is 8.04. The van der Waals surface area contributed by atoms with Crippen molar-refractivity contribution < 1.29 is 9.32 Å². The zero-order valence-corrected chi connectivity index (χ0v) is 12.9. The maximum absolute atomic E-state index is 11.8. The molecule has 0 amide bonds. The molecular weight excluding hydrogens is 288 g/mol. The number of piperidine rings is 1. The zero-order chi connectivity index (χ0) is 15.7. The van der Waals surface area contributed by atoms with Gasteiger partial charge >= 0.3 is 0 Å². The molecule has 1 aliphatic rings. The van der Waals surface area contributed by atoms with Gasteiger partial charge in [0.25, 0.3) is 5.82 Å². The lowest BCUT2D eigenvalue weighted by Gasteiger charge is -2.38. The Kier molecular flexibility index (Phi) is 3.46. The fraction of sp³-hybridized carbons (Fsp3) is 0.263. The number of hydrogen-bond acceptors (Lipinski definition) is 3. The molecule has 0 saturated carbocycles. The largest absolute Gasteiger partial charge is 0.351 e. The van der Waals surface area contributed by atoms with Crippen LogP contribution in [0.4, 0.5) is 5.82 Å². The Morgan fingerprint density at radius 2 is 1.65 bits per heavy atom. The van der Waals surface area contributed by atoms with E-state index >= 15 is 0 Å². The second kappa shape index (κ2) is 5.63. The maximum Gasteiger partial charge on any atom is 0.274 e. The predicted octanol–water partition coefficient (Wildman–Crippen LogP) is 3.70. The van der Waals surface area contributed by atoms with Crippen molar-refractivity contribution in [3.63, 3.8) is 0 Å². The summed E-state index contributed by atoms with van der Waals surface area (Å²) in [4.78, 5) is 11.8. The zero-order valence-electron chi connectivity index (χ0n) is 12.9. The molecule has 0 spiro atoms. The molecule has 1 fully saturated rings. The summed E-state index contributed by atoms with van der Waals surface area (Å²) in [5, 5.41) is 5.45. The first kappa shape index (κ1) is 14.2. The third-order valence-corrected chi connectivity index (χ3v) is 4.77. The van der Waals surface area contributed by atoms with Crippen molar-refractivity contribution in [3.8, 4) is 0 Å². The van der Waals surface area contributed by atoms with E-state index in [4.69, 9.17) is 4.52 Å². The van der Waals surface area contributed by atoms with Crippen molar-refractivity contribution in [1.82, 2.24) is 9.64 Å². The molecule has 2 aromatic carbocycles. The molecule has 1 saturated heterocycles. The van der Waals surface area contributed by atoms with Gasteiger partial charge in [0.15, 0.2) is 5.58 Å². The van der Waals surface area contributed by atoms with Gasteiger partial charge in [-0.1, -0.05) is 42.5 Å². The summed E-state index contributed by atoms with van der Waals surface area (Å²) in [5.74, 6) is 1.30. The summed E-state index contributed by atoms with van der Waals surface area (Å²) in [6.45, 7) is 2.40. The summed E-state index contributed by atoms with van der Waals surface area (Å²) in [6.07, 6.45) is 1.21. The first-order valence-electron chi connectivity index (χ1n) is 8.04. The second-order valence-electron chi connectivity index (χ2n) is 6.28. The SMILES string of the molecule is O=C1CC[N+](Cc2ccccc2)(c2noc3ccccc23)CC1. The molecule has 0 bridgehead atoms. The smallest absolute Gasteiger partial charge is 0.274 e. The summed E-state index contributed by atoms with van der Waals surface area (Å²) < 4.78 is 6.23. The highest BCUT2D eigenvalue weighted by atomic mass is 16.5. The van der Waals surface area contributed by atoms with E-state index in [1.54, 1.807) is 0 Å². The number of quaternary nitrogens is 1. The molecule has 0 radical (unpaired) electrons. The van der Waals surface area contributed by atoms with E-state index in [-0.39, 0.29) is 0 Å². The average molecular weight is 307 g/mol. The van der Waals surface area contributed by atoms with E-state index < -0.39 is 0 Å². The lowest BCUT2D eigenvalue weighted by molar-refractivity contribution is -0.121. The van der Waals surface area contributed by atoms with Gasteiger partial charge in [0.05, 0.1) is 25.9 Å². The molecule has 2 heterocycles. The van der Waals surface area contributed by atoms with E-state index in [0.717, 1.165) is 36.4 Å². The number of carbonyl (C=O) groups is 1. The highest BCUT2D eigenvalue weighted by Gasteiger charge is 2.39. The van der Waals surface area contributed by atoms with Gasteiger partial charge in [-0.25, -0.2) is 0 Å². The molecule has 4 heteroatoms. The predicted molar refractivity (Wildman–Crippen MR) is 89.9 cm³/mol. The highest BCUT2D eigenvalue weighted by molar-refractivity contribution is 5.88. The lowest BCUT2D eigenvalue weighted by atomic mass is 10.0. The van der Waals surface area contributed by atoms with Crippen molar-refractivity contribution in [1.29, 1.82) is 0 Å². The molecule has 23 heavy (non-hydrogen) atoms. The van der Waals surface area contributed by atoms with E-state index in [9.17, 15) is 4.79 Å². The van der Waals surface area contributed by atoms with Crippen LogP contribution in [-0.2, 0) is 11.3 Å². The Balaban J connectivity index is 1.80. The fourth-order valence-corrected chi connectivity index (χ4v) is 3.51. The Morgan fingerprint density at radius 1 is 0.957 bits per heavy atom. The summed E-state index contributed by atoms with van der Waals surface area (Å²) in [7, 11) is 0. The number of likely N-dealkylation sites (tertiary alicyclic amines) is 1. The highest BCUT2D eigenvalue weighted by Crippen LogP contribution is 2.35. The van der Waals surface area contributed by atoms with Gasteiger partial charge in [0.1, 0.15) is 17.7 Å². The van der Waals surface area contributed by atoms with Crippen LogP contribution < -0.4 is 4.48 Å². The molecule has 1 aliphatic heterocycles. The Bertz CT molecular complexity index is 829. The third kappa shape index (κ3) is 2.55. The van der Waals surface area contributed by atoms with E-state index in [1.165, 1.54) is 5.56 Å². The van der Waals surface area contributed by atoms with Crippen LogP contribution in [-0.4, -0.2) is 24.0 Å².